The Balaban J connectivity index is 1.84. The second-order valence-corrected chi connectivity index (χ2v) is 6.10. The predicted octanol–water partition coefficient (Wildman–Crippen LogP) is -1.95. The number of nitrogens with zero attached hydrogens (tertiary/aromatic N) is 6. The Morgan fingerprint density at radius 1 is 1.39 bits per heavy atom. The summed E-state index contributed by atoms with van der Waals surface area (Å²) >= 11 is 0. The number of nitrogens with two attached hydrogens (primary N) is 1. The number of aromatic hydroxyl groups is 2. The number of phenolic OH excluding ortho intramolecular Hbond substituents is 2. The first kappa shape index (κ1) is 18.8. The van der Waals surface area contributed by atoms with Crippen LogP contribution in [0, 0.1) is 0 Å². The van der Waals surface area contributed by atoms with E-state index in [1.54, 1.807) is 0 Å². The Labute approximate surface area is 158 Å². The average Bonchev–Trinajstić information content (AvgIpc) is 3.22. The third-order valence-electron chi connectivity index (χ3n) is 3.58. The van der Waals surface area contributed by atoms with Crippen molar-refractivity contribution < 1.29 is 24.5 Å². The molecule has 0 bridgehead atoms. The SMILES string of the molecule is C[NH+](C)Cc1c(C(=O)N/N=C/c2ccc(O)cc2O)nnn1-c1nonc1N. The number of hydrazone groups is 1. The van der Waals surface area contributed by atoms with Crippen molar-refractivity contribution >= 4 is 17.9 Å². The maximum Gasteiger partial charge on any atom is 0.294 e. The molecule has 0 saturated heterocycles. The fraction of sp³-hybridized carbons (Fsp3) is 0.200. The molecule has 0 saturated carbocycles. The summed E-state index contributed by atoms with van der Waals surface area (Å²) in [4.78, 5) is 13.5. The van der Waals surface area contributed by atoms with E-state index in [1.807, 2.05) is 14.1 Å². The third kappa shape index (κ3) is 3.88. The number of carbonyl (C=O) groups excluding carboxylic acids is 1. The van der Waals surface area contributed by atoms with E-state index >= 15 is 0 Å². The number of benzene rings is 1. The maximum absolute atomic E-state index is 12.5. The minimum atomic E-state index is -0.618. The van der Waals surface area contributed by atoms with Gasteiger partial charge in [0.2, 0.25) is 11.6 Å². The van der Waals surface area contributed by atoms with Crippen LogP contribution in [0.1, 0.15) is 21.7 Å². The monoisotopic (exact) mass is 388 g/mol. The minimum Gasteiger partial charge on any atom is -0.508 e. The van der Waals surface area contributed by atoms with Gasteiger partial charge in [-0.15, -0.1) is 5.10 Å². The van der Waals surface area contributed by atoms with E-state index in [0.29, 0.717) is 17.8 Å². The van der Waals surface area contributed by atoms with Gasteiger partial charge in [-0.3, -0.25) is 4.79 Å². The predicted molar refractivity (Wildman–Crippen MR) is 95.0 cm³/mol. The Hall–Kier alpha value is -4.00. The number of amides is 1. The number of quaternary nitrogens is 1. The molecular weight excluding hydrogens is 370 g/mol. The maximum atomic E-state index is 12.5. The first-order valence-electron chi connectivity index (χ1n) is 8.04. The molecule has 0 aliphatic rings. The summed E-state index contributed by atoms with van der Waals surface area (Å²) < 4.78 is 5.86. The molecule has 3 rings (SSSR count). The van der Waals surface area contributed by atoms with Gasteiger partial charge < -0.3 is 20.8 Å². The zero-order valence-corrected chi connectivity index (χ0v) is 15.0. The molecule has 0 unspecified atom stereocenters. The lowest BCUT2D eigenvalue weighted by atomic mass is 10.2. The van der Waals surface area contributed by atoms with E-state index in [9.17, 15) is 15.0 Å². The van der Waals surface area contributed by atoms with E-state index < -0.39 is 5.91 Å². The van der Waals surface area contributed by atoms with Crippen molar-refractivity contribution in [3.05, 3.63) is 35.2 Å². The van der Waals surface area contributed by atoms with Crippen molar-refractivity contribution in [3.8, 4) is 17.3 Å². The van der Waals surface area contributed by atoms with Gasteiger partial charge in [0.25, 0.3) is 5.91 Å². The van der Waals surface area contributed by atoms with Gasteiger partial charge in [-0.05, 0) is 22.4 Å². The lowest BCUT2D eigenvalue weighted by Gasteiger charge is -2.08. The lowest BCUT2D eigenvalue weighted by molar-refractivity contribution is -0.873. The van der Waals surface area contributed by atoms with Crippen molar-refractivity contribution in [2.45, 2.75) is 6.54 Å². The summed E-state index contributed by atoms with van der Waals surface area (Å²) in [6, 6.07) is 3.98. The highest BCUT2D eigenvalue weighted by Gasteiger charge is 2.25. The second kappa shape index (κ2) is 7.71. The van der Waals surface area contributed by atoms with Crippen LogP contribution in [0.15, 0.2) is 27.9 Å². The molecule has 0 spiro atoms. The van der Waals surface area contributed by atoms with Crippen LogP contribution in [-0.4, -0.2) is 61.7 Å². The molecule has 0 aliphatic heterocycles. The number of anilines is 1. The van der Waals surface area contributed by atoms with Crippen LogP contribution in [0.3, 0.4) is 0 Å². The van der Waals surface area contributed by atoms with E-state index in [0.717, 1.165) is 11.0 Å². The second-order valence-electron chi connectivity index (χ2n) is 6.10. The number of hydrogen-bond donors (Lipinski definition) is 5. The molecule has 2 heterocycles. The Morgan fingerprint density at radius 2 is 2.18 bits per heavy atom. The summed E-state index contributed by atoms with van der Waals surface area (Å²) in [6.07, 6.45) is 1.23. The van der Waals surface area contributed by atoms with Gasteiger partial charge in [0.1, 0.15) is 23.7 Å². The number of carbonyl (C=O) groups is 1. The molecule has 1 aromatic carbocycles. The van der Waals surface area contributed by atoms with Crippen molar-refractivity contribution in [1.82, 2.24) is 30.7 Å². The molecule has 2 aromatic heterocycles. The van der Waals surface area contributed by atoms with Crippen LogP contribution in [0.2, 0.25) is 0 Å². The molecule has 3 aromatic rings. The molecule has 0 radical (unpaired) electrons. The first-order valence-corrected chi connectivity index (χ1v) is 8.04. The molecule has 0 aliphatic carbocycles. The highest BCUT2D eigenvalue weighted by molar-refractivity contribution is 5.94. The van der Waals surface area contributed by atoms with Crippen LogP contribution in [0.25, 0.3) is 5.82 Å². The molecular formula is C15H18N9O4+. The van der Waals surface area contributed by atoms with Gasteiger partial charge in [-0.1, -0.05) is 5.21 Å². The zero-order valence-electron chi connectivity index (χ0n) is 15.0. The standard InChI is InChI=1S/C15H17N9O4/c1-23(2)7-10-12(18-22-24(10)14-13(16)20-28-21-14)15(27)19-17-6-8-3-4-9(25)5-11(8)26/h3-6,25-26H,7H2,1-2H3,(H2,16,20)(H,19,27)/p+1/b17-6+. The number of hydrogen-bond acceptors (Lipinski definition) is 10. The Bertz CT molecular complexity index is 1020. The number of phenols is 2. The van der Waals surface area contributed by atoms with Crippen molar-refractivity contribution in [1.29, 1.82) is 0 Å². The largest absolute Gasteiger partial charge is 0.508 e. The summed E-state index contributed by atoms with van der Waals surface area (Å²) in [7, 11) is 3.77. The van der Waals surface area contributed by atoms with Crippen LogP contribution in [0.4, 0.5) is 5.82 Å². The van der Waals surface area contributed by atoms with Gasteiger partial charge in [0.05, 0.1) is 20.3 Å². The Morgan fingerprint density at radius 3 is 2.82 bits per heavy atom. The number of nitrogens with one attached hydrogen (secondary N) is 2. The summed E-state index contributed by atoms with van der Waals surface area (Å²) in [6.45, 7) is 0.379. The number of nitrogen functional groups attached to an aromatic ring is 1. The van der Waals surface area contributed by atoms with Crippen LogP contribution in [-0.2, 0) is 6.54 Å². The van der Waals surface area contributed by atoms with Crippen LogP contribution >= 0.6 is 0 Å². The number of rotatable bonds is 6. The lowest BCUT2D eigenvalue weighted by Crippen LogP contribution is -3.04. The summed E-state index contributed by atoms with van der Waals surface area (Å²) in [5.41, 5.74) is 8.78. The smallest absolute Gasteiger partial charge is 0.294 e. The van der Waals surface area contributed by atoms with Gasteiger partial charge in [-0.25, -0.2) is 10.1 Å². The normalized spacial score (nSPS) is 11.4. The fourth-order valence-corrected chi connectivity index (χ4v) is 2.33. The van der Waals surface area contributed by atoms with E-state index in [4.69, 9.17) is 5.73 Å². The molecule has 13 nitrogen and oxygen atoms in total. The highest BCUT2D eigenvalue weighted by atomic mass is 16.6. The minimum absolute atomic E-state index is 0.00712. The zero-order chi connectivity index (χ0) is 20.3. The van der Waals surface area contributed by atoms with Crippen molar-refractivity contribution in [2.24, 2.45) is 5.10 Å². The third-order valence-corrected chi connectivity index (χ3v) is 3.58. The molecule has 13 heteroatoms. The topological polar surface area (TPSA) is 182 Å². The van der Waals surface area contributed by atoms with E-state index in [1.165, 1.54) is 23.0 Å². The van der Waals surface area contributed by atoms with Gasteiger partial charge in [0, 0.05) is 11.6 Å². The van der Waals surface area contributed by atoms with Gasteiger partial charge >= 0.3 is 0 Å². The molecule has 146 valence electrons. The quantitative estimate of drug-likeness (QED) is 0.237. The number of aromatic nitrogens is 5. The molecule has 0 atom stereocenters. The molecule has 1 amide bonds. The first-order chi connectivity index (χ1) is 13.4. The molecule has 28 heavy (non-hydrogen) atoms. The Kier molecular flexibility index (Phi) is 5.17. The average molecular weight is 388 g/mol. The van der Waals surface area contributed by atoms with Crippen molar-refractivity contribution in [3.63, 3.8) is 0 Å². The van der Waals surface area contributed by atoms with E-state index in [2.05, 4.69) is 35.8 Å². The van der Waals surface area contributed by atoms with Gasteiger partial charge in [0.15, 0.2) is 5.69 Å². The van der Waals surface area contributed by atoms with Gasteiger partial charge in [-0.2, -0.15) is 9.78 Å². The van der Waals surface area contributed by atoms with E-state index in [-0.39, 0.29) is 28.8 Å². The van der Waals surface area contributed by atoms with Crippen LogP contribution < -0.4 is 16.1 Å². The van der Waals surface area contributed by atoms with Crippen molar-refractivity contribution in [2.75, 3.05) is 19.8 Å². The fourth-order valence-electron chi connectivity index (χ4n) is 2.33. The summed E-state index contributed by atoms with van der Waals surface area (Å²) in [5, 5.41) is 37.8. The molecule has 0 fully saturated rings. The molecule has 6 N–H and O–H groups in total. The van der Waals surface area contributed by atoms with Crippen LogP contribution in [0.5, 0.6) is 11.5 Å². The highest BCUT2D eigenvalue weighted by Crippen LogP contribution is 2.20. The summed E-state index contributed by atoms with van der Waals surface area (Å²) in [5.74, 6) is -0.761.